The van der Waals surface area contributed by atoms with Gasteiger partial charge >= 0.3 is 11.9 Å². The first kappa shape index (κ1) is 16.1. The molecule has 106 valence electrons. The molecule has 0 spiro atoms. The standard InChI is InChI=1S/C9H10BrNO6S2/c1-17-7(12)2-3-11-19(15,16)6-4-5(9(13)14)18-8(6)10/h4,11H,2-3H2,1H3,(H,13,14). The Hall–Kier alpha value is -0.970. The van der Waals surface area contributed by atoms with E-state index >= 15 is 0 Å². The highest BCUT2D eigenvalue weighted by Gasteiger charge is 2.23. The number of thiophene rings is 1. The van der Waals surface area contributed by atoms with Crippen LogP contribution in [0.5, 0.6) is 0 Å². The minimum Gasteiger partial charge on any atom is -0.477 e. The van der Waals surface area contributed by atoms with Crippen molar-refractivity contribution in [2.24, 2.45) is 0 Å². The van der Waals surface area contributed by atoms with Crippen LogP contribution in [0.25, 0.3) is 0 Å². The van der Waals surface area contributed by atoms with Crippen LogP contribution >= 0.6 is 27.3 Å². The number of ether oxygens (including phenoxy) is 1. The molecule has 1 aromatic rings. The van der Waals surface area contributed by atoms with Gasteiger partial charge in [-0.05, 0) is 22.0 Å². The molecule has 7 nitrogen and oxygen atoms in total. The zero-order valence-electron chi connectivity index (χ0n) is 9.67. The summed E-state index contributed by atoms with van der Waals surface area (Å²) in [4.78, 5) is 21.3. The topological polar surface area (TPSA) is 110 Å². The van der Waals surface area contributed by atoms with E-state index in [4.69, 9.17) is 5.11 Å². The lowest BCUT2D eigenvalue weighted by molar-refractivity contribution is -0.140. The molecule has 0 amide bonds. The lowest BCUT2D eigenvalue weighted by atomic mass is 10.4. The summed E-state index contributed by atoms with van der Waals surface area (Å²) in [5.41, 5.74) is 0. The maximum Gasteiger partial charge on any atom is 0.345 e. The quantitative estimate of drug-likeness (QED) is 0.723. The van der Waals surface area contributed by atoms with E-state index < -0.39 is 22.0 Å². The van der Waals surface area contributed by atoms with Gasteiger partial charge in [-0.1, -0.05) is 0 Å². The zero-order chi connectivity index (χ0) is 14.6. The molecule has 0 bridgehead atoms. The number of carboxylic acid groups (broad SMARTS) is 1. The molecule has 1 heterocycles. The van der Waals surface area contributed by atoms with E-state index in [-0.39, 0.29) is 26.5 Å². The maximum atomic E-state index is 11.9. The molecule has 0 saturated heterocycles. The van der Waals surface area contributed by atoms with Crippen LogP contribution in [0.3, 0.4) is 0 Å². The number of methoxy groups -OCH3 is 1. The molecule has 19 heavy (non-hydrogen) atoms. The molecule has 0 aliphatic carbocycles. The third kappa shape index (κ3) is 4.27. The van der Waals surface area contributed by atoms with E-state index in [1.54, 1.807) is 0 Å². The maximum absolute atomic E-state index is 11.9. The summed E-state index contributed by atoms with van der Waals surface area (Å²) in [5.74, 6) is -1.75. The summed E-state index contributed by atoms with van der Waals surface area (Å²) in [7, 11) is -2.67. The summed E-state index contributed by atoms with van der Waals surface area (Å²) in [5, 5.41) is 8.78. The molecule has 0 atom stereocenters. The molecule has 0 radical (unpaired) electrons. The van der Waals surface area contributed by atoms with Gasteiger partial charge in [0.2, 0.25) is 10.0 Å². The van der Waals surface area contributed by atoms with Crippen molar-refractivity contribution in [1.29, 1.82) is 0 Å². The molecular weight excluding hydrogens is 362 g/mol. The van der Waals surface area contributed by atoms with Gasteiger partial charge in [-0.15, -0.1) is 11.3 Å². The monoisotopic (exact) mass is 371 g/mol. The summed E-state index contributed by atoms with van der Waals surface area (Å²) >= 11 is 3.80. The SMILES string of the molecule is COC(=O)CCNS(=O)(=O)c1cc(C(=O)O)sc1Br. The first-order chi connectivity index (χ1) is 8.77. The first-order valence-electron chi connectivity index (χ1n) is 4.87. The fraction of sp³-hybridized carbons (Fsp3) is 0.333. The van der Waals surface area contributed by atoms with Crippen molar-refractivity contribution >= 4 is 49.2 Å². The van der Waals surface area contributed by atoms with E-state index in [1.165, 1.54) is 7.11 Å². The van der Waals surface area contributed by atoms with Gasteiger partial charge in [0.05, 0.1) is 17.3 Å². The van der Waals surface area contributed by atoms with Gasteiger partial charge in [-0.3, -0.25) is 4.79 Å². The number of halogens is 1. The highest BCUT2D eigenvalue weighted by Crippen LogP contribution is 2.31. The smallest absolute Gasteiger partial charge is 0.345 e. The lowest BCUT2D eigenvalue weighted by Gasteiger charge is -2.04. The Morgan fingerprint density at radius 2 is 2.16 bits per heavy atom. The molecule has 2 N–H and O–H groups in total. The van der Waals surface area contributed by atoms with Crippen LogP contribution in [0.1, 0.15) is 16.1 Å². The van der Waals surface area contributed by atoms with Gasteiger partial charge in [0.15, 0.2) is 0 Å². The Kier molecular flexibility index (Phi) is 5.47. The molecule has 10 heteroatoms. The lowest BCUT2D eigenvalue weighted by Crippen LogP contribution is -2.26. The Morgan fingerprint density at radius 3 is 2.63 bits per heavy atom. The van der Waals surface area contributed by atoms with Crippen LogP contribution in [0.15, 0.2) is 14.7 Å². The summed E-state index contributed by atoms with van der Waals surface area (Å²) in [6.07, 6.45) is -0.108. The van der Waals surface area contributed by atoms with Crippen molar-refractivity contribution in [3.63, 3.8) is 0 Å². The highest BCUT2D eigenvalue weighted by atomic mass is 79.9. The molecular formula is C9H10BrNO6S2. The third-order valence-corrected chi connectivity index (χ3v) is 5.71. The van der Waals surface area contributed by atoms with Crippen LogP contribution in [0.4, 0.5) is 0 Å². The van der Waals surface area contributed by atoms with E-state index in [0.717, 1.165) is 17.4 Å². The predicted molar refractivity (Wildman–Crippen MR) is 70.8 cm³/mol. The van der Waals surface area contributed by atoms with E-state index in [2.05, 4.69) is 25.4 Å². The van der Waals surface area contributed by atoms with Gasteiger partial charge in [0.25, 0.3) is 0 Å². The van der Waals surface area contributed by atoms with Gasteiger partial charge in [-0.25, -0.2) is 17.9 Å². The van der Waals surface area contributed by atoms with Crippen molar-refractivity contribution in [2.45, 2.75) is 11.3 Å². The molecule has 1 rings (SSSR count). The number of rotatable bonds is 6. The Morgan fingerprint density at radius 1 is 1.53 bits per heavy atom. The summed E-state index contributed by atoms with van der Waals surface area (Å²) in [6, 6.07) is 1.05. The Labute approximate surface area is 121 Å². The minimum atomic E-state index is -3.87. The fourth-order valence-electron chi connectivity index (χ4n) is 1.11. The zero-order valence-corrected chi connectivity index (χ0v) is 12.9. The van der Waals surface area contributed by atoms with Crippen molar-refractivity contribution < 1.29 is 27.9 Å². The number of esters is 1. The summed E-state index contributed by atoms with van der Waals surface area (Å²) < 4.78 is 30.5. The predicted octanol–water partition coefficient (Wildman–Crippen LogP) is 1.05. The van der Waals surface area contributed by atoms with Crippen LogP contribution in [0.2, 0.25) is 0 Å². The van der Waals surface area contributed by atoms with E-state index in [1.807, 2.05) is 0 Å². The number of carbonyl (C=O) groups is 2. The van der Waals surface area contributed by atoms with Crippen LogP contribution in [-0.2, 0) is 19.6 Å². The van der Waals surface area contributed by atoms with Crippen molar-refractivity contribution in [3.05, 3.63) is 14.7 Å². The molecule has 0 unspecified atom stereocenters. The van der Waals surface area contributed by atoms with Gasteiger partial charge in [-0.2, -0.15) is 0 Å². The second kappa shape index (κ2) is 6.46. The molecule has 0 aliphatic heterocycles. The number of aromatic carboxylic acids is 1. The third-order valence-electron chi connectivity index (χ3n) is 2.00. The normalized spacial score (nSPS) is 11.3. The fourth-order valence-corrected chi connectivity index (χ4v) is 4.54. The summed E-state index contributed by atoms with van der Waals surface area (Å²) in [6.45, 7) is -0.125. The first-order valence-corrected chi connectivity index (χ1v) is 7.96. The molecule has 0 fully saturated rings. The second-order valence-corrected chi connectivity index (χ2v) is 7.38. The van der Waals surface area contributed by atoms with Crippen molar-refractivity contribution in [2.75, 3.05) is 13.7 Å². The van der Waals surface area contributed by atoms with Crippen LogP contribution in [0, 0.1) is 0 Å². The number of carboxylic acids is 1. The Bertz CT molecular complexity index is 594. The van der Waals surface area contributed by atoms with Crippen molar-refractivity contribution in [1.82, 2.24) is 4.72 Å². The van der Waals surface area contributed by atoms with Crippen LogP contribution < -0.4 is 4.72 Å². The number of carbonyl (C=O) groups excluding carboxylic acids is 1. The van der Waals surface area contributed by atoms with Crippen molar-refractivity contribution in [3.8, 4) is 0 Å². The average Bonchev–Trinajstić information content (AvgIpc) is 2.71. The number of hydrogen-bond donors (Lipinski definition) is 2. The molecule has 0 saturated carbocycles. The molecule has 0 aliphatic rings. The van der Waals surface area contributed by atoms with E-state index in [0.29, 0.717) is 0 Å². The molecule has 1 aromatic heterocycles. The number of hydrogen-bond acceptors (Lipinski definition) is 6. The van der Waals surface area contributed by atoms with Gasteiger partial charge in [0.1, 0.15) is 9.77 Å². The van der Waals surface area contributed by atoms with Crippen LogP contribution in [-0.4, -0.2) is 39.1 Å². The Balaban J connectivity index is 2.83. The average molecular weight is 372 g/mol. The van der Waals surface area contributed by atoms with Gasteiger partial charge in [0, 0.05) is 6.54 Å². The molecule has 0 aromatic carbocycles. The highest BCUT2D eigenvalue weighted by molar-refractivity contribution is 9.11. The number of nitrogens with one attached hydrogen (secondary N) is 1. The largest absolute Gasteiger partial charge is 0.477 e. The second-order valence-electron chi connectivity index (χ2n) is 3.28. The minimum absolute atomic E-state index is 0.0970. The van der Waals surface area contributed by atoms with Gasteiger partial charge < -0.3 is 9.84 Å². The number of sulfonamides is 1. The van der Waals surface area contributed by atoms with E-state index in [9.17, 15) is 18.0 Å².